The highest BCUT2D eigenvalue weighted by Crippen LogP contribution is 2.34. The van der Waals surface area contributed by atoms with E-state index in [9.17, 15) is 0 Å². The summed E-state index contributed by atoms with van der Waals surface area (Å²) in [5.74, 6) is 3.40. The van der Waals surface area contributed by atoms with Gasteiger partial charge in [0.25, 0.3) is 0 Å². The fourth-order valence-corrected chi connectivity index (χ4v) is 2.46. The van der Waals surface area contributed by atoms with Crippen LogP contribution in [-0.2, 0) is 12.8 Å². The molecule has 1 aromatic rings. The van der Waals surface area contributed by atoms with Crippen LogP contribution in [0.5, 0.6) is 0 Å². The van der Waals surface area contributed by atoms with Crippen molar-refractivity contribution in [3.63, 3.8) is 0 Å². The number of hydrogen-bond acceptors (Lipinski definition) is 4. The average molecular weight is 249 g/mol. The molecule has 4 nitrogen and oxygen atoms in total. The lowest BCUT2D eigenvalue weighted by molar-refractivity contribution is 0.342. The first-order valence-corrected chi connectivity index (χ1v) is 7.40. The summed E-state index contributed by atoms with van der Waals surface area (Å²) < 4.78 is 5.38. The lowest BCUT2D eigenvalue weighted by Crippen LogP contribution is -2.33. The third-order valence-corrected chi connectivity index (χ3v) is 3.92. The van der Waals surface area contributed by atoms with Crippen molar-refractivity contribution < 1.29 is 4.52 Å². The minimum absolute atomic E-state index is 0.541. The zero-order valence-electron chi connectivity index (χ0n) is 11.2. The second kappa shape index (κ2) is 5.39. The SMILES string of the molecule is CCCNC(Cc1nc(CC2CC2)no1)C1CC1. The maximum absolute atomic E-state index is 5.38. The first-order valence-electron chi connectivity index (χ1n) is 7.40. The summed E-state index contributed by atoms with van der Waals surface area (Å²) >= 11 is 0. The molecule has 0 aromatic carbocycles. The van der Waals surface area contributed by atoms with E-state index in [1.807, 2.05) is 0 Å². The second-order valence-corrected chi connectivity index (χ2v) is 5.85. The summed E-state index contributed by atoms with van der Waals surface area (Å²) in [4.78, 5) is 4.53. The fourth-order valence-electron chi connectivity index (χ4n) is 2.46. The Bertz CT molecular complexity index is 382. The van der Waals surface area contributed by atoms with Gasteiger partial charge in [-0.1, -0.05) is 12.1 Å². The lowest BCUT2D eigenvalue weighted by Gasteiger charge is -2.15. The van der Waals surface area contributed by atoms with E-state index in [1.54, 1.807) is 0 Å². The molecule has 1 heterocycles. The molecule has 2 saturated carbocycles. The number of aromatic nitrogens is 2. The minimum Gasteiger partial charge on any atom is -0.339 e. The summed E-state index contributed by atoms with van der Waals surface area (Å²) in [6.07, 6.45) is 8.48. The van der Waals surface area contributed by atoms with E-state index >= 15 is 0 Å². The molecule has 100 valence electrons. The van der Waals surface area contributed by atoms with Gasteiger partial charge < -0.3 is 9.84 Å². The van der Waals surface area contributed by atoms with Crippen LogP contribution >= 0.6 is 0 Å². The van der Waals surface area contributed by atoms with Crippen molar-refractivity contribution in [3.05, 3.63) is 11.7 Å². The van der Waals surface area contributed by atoms with Crippen LogP contribution < -0.4 is 5.32 Å². The van der Waals surface area contributed by atoms with Gasteiger partial charge in [-0.15, -0.1) is 0 Å². The quantitative estimate of drug-likeness (QED) is 0.768. The Hall–Kier alpha value is -0.900. The van der Waals surface area contributed by atoms with Crippen LogP contribution in [0, 0.1) is 11.8 Å². The number of nitrogens with zero attached hydrogens (tertiary/aromatic N) is 2. The third-order valence-electron chi connectivity index (χ3n) is 3.92. The first kappa shape index (κ1) is 12.2. The van der Waals surface area contributed by atoms with Gasteiger partial charge in [0.2, 0.25) is 5.89 Å². The Morgan fingerprint density at radius 2 is 2.17 bits per heavy atom. The topological polar surface area (TPSA) is 51.0 Å². The zero-order valence-corrected chi connectivity index (χ0v) is 11.2. The van der Waals surface area contributed by atoms with Gasteiger partial charge in [-0.3, -0.25) is 0 Å². The Balaban J connectivity index is 1.53. The van der Waals surface area contributed by atoms with Gasteiger partial charge in [-0.2, -0.15) is 4.98 Å². The maximum Gasteiger partial charge on any atom is 0.228 e. The fraction of sp³-hybridized carbons (Fsp3) is 0.857. The predicted molar refractivity (Wildman–Crippen MR) is 69.2 cm³/mol. The van der Waals surface area contributed by atoms with Crippen LogP contribution in [0.2, 0.25) is 0 Å². The monoisotopic (exact) mass is 249 g/mol. The van der Waals surface area contributed by atoms with Crippen LogP contribution in [-0.4, -0.2) is 22.7 Å². The summed E-state index contributed by atoms with van der Waals surface area (Å²) in [7, 11) is 0. The van der Waals surface area contributed by atoms with Crippen molar-refractivity contribution in [2.24, 2.45) is 11.8 Å². The molecular weight excluding hydrogens is 226 g/mol. The first-order chi connectivity index (χ1) is 8.85. The van der Waals surface area contributed by atoms with Crippen molar-refractivity contribution in [2.75, 3.05) is 6.54 Å². The van der Waals surface area contributed by atoms with Crippen molar-refractivity contribution in [1.82, 2.24) is 15.5 Å². The van der Waals surface area contributed by atoms with Crippen LogP contribution in [0.3, 0.4) is 0 Å². The summed E-state index contributed by atoms with van der Waals surface area (Å²) in [6.45, 7) is 3.29. The van der Waals surface area contributed by atoms with E-state index in [0.717, 1.165) is 42.9 Å². The van der Waals surface area contributed by atoms with E-state index in [4.69, 9.17) is 4.52 Å². The van der Waals surface area contributed by atoms with Gasteiger partial charge in [-0.05, 0) is 50.5 Å². The molecule has 0 aliphatic heterocycles. The van der Waals surface area contributed by atoms with E-state index in [0.29, 0.717) is 6.04 Å². The standard InChI is InChI=1S/C14H23N3O/c1-2-7-15-12(11-5-6-11)9-14-16-13(17-18-14)8-10-3-4-10/h10-12,15H,2-9H2,1H3. The lowest BCUT2D eigenvalue weighted by atomic mass is 10.1. The molecule has 2 fully saturated rings. The largest absolute Gasteiger partial charge is 0.339 e. The van der Waals surface area contributed by atoms with Gasteiger partial charge in [0.05, 0.1) is 0 Å². The number of hydrogen-bond donors (Lipinski definition) is 1. The molecular formula is C14H23N3O. The van der Waals surface area contributed by atoms with Gasteiger partial charge in [0.1, 0.15) is 0 Å². The summed E-state index contributed by atoms with van der Waals surface area (Å²) in [5.41, 5.74) is 0. The van der Waals surface area contributed by atoms with Crippen LogP contribution in [0.25, 0.3) is 0 Å². The molecule has 1 unspecified atom stereocenters. The molecule has 0 spiro atoms. The highest BCUT2D eigenvalue weighted by molar-refractivity contribution is 4.97. The highest BCUT2D eigenvalue weighted by Gasteiger charge is 2.32. The highest BCUT2D eigenvalue weighted by atomic mass is 16.5. The van der Waals surface area contributed by atoms with E-state index in [1.165, 1.54) is 32.1 Å². The predicted octanol–water partition coefficient (Wildman–Crippen LogP) is 2.34. The Kier molecular flexibility index (Phi) is 3.64. The molecule has 0 bridgehead atoms. The molecule has 2 aliphatic carbocycles. The molecule has 1 aromatic heterocycles. The van der Waals surface area contributed by atoms with E-state index in [-0.39, 0.29) is 0 Å². The summed E-state index contributed by atoms with van der Waals surface area (Å²) in [6, 6.07) is 0.541. The van der Waals surface area contributed by atoms with Crippen molar-refractivity contribution in [2.45, 2.75) is 57.9 Å². The molecule has 0 amide bonds. The maximum atomic E-state index is 5.38. The number of nitrogens with one attached hydrogen (secondary N) is 1. The zero-order chi connectivity index (χ0) is 12.4. The molecule has 18 heavy (non-hydrogen) atoms. The molecule has 3 rings (SSSR count). The van der Waals surface area contributed by atoms with Crippen molar-refractivity contribution in [3.8, 4) is 0 Å². The molecule has 0 radical (unpaired) electrons. The normalized spacial score (nSPS) is 21.2. The number of rotatable bonds is 8. The van der Waals surface area contributed by atoms with Gasteiger partial charge >= 0.3 is 0 Å². The van der Waals surface area contributed by atoms with Gasteiger partial charge in [0, 0.05) is 18.9 Å². The van der Waals surface area contributed by atoms with Crippen LogP contribution in [0.15, 0.2) is 4.52 Å². The molecule has 1 atom stereocenters. The van der Waals surface area contributed by atoms with Gasteiger partial charge in [0.15, 0.2) is 5.82 Å². The Labute approximate surface area is 109 Å². The second-order valence-electron chi connectivity index (χ2n) is 5.85. The van der Waals surface area contributed by atoms with E-state index < -0.39 is 0 Å². The molecule has 2 aliphatic rings. The Morgan fingerprint density at radius 1 is 1.33 bits per heavy atom. The molecule has 0 saturated heterocycles. The molecule has 4 heteroatoms. The Morgan fingerprint density at radius 3 is 2.83 bits per heavy atom. The average Bonchev–Trinajstić information content (AvgIpc) is 3.25. The molecule has 1 N–H and O–H groups in total. The van der Waals surface area contributed by atoms with Crippen LogP contribution in [0.4, 0.5) is 0 Å². The van der Waals surface area contributed by atoms with Gasteiger partial charge in [-0.25, -0.2) is 0 Å². The summed E-state index contributed by atoms with van der Waals surface area (Å²) in [5, 5.41) is 7.71. The van der Waals surface area contributed by atoms with E-state index in [2.05, 4.69) is 22.4 Å². The minimum atomic E-state index is 0.541. The van der Waals surface area contributed by atoms with Crippen LogP contribution in [0.1, 0.15) is 50.7 Å². The van der Waals surface area contributed by atoms with Crippen molar-refractivity contribution in [1.29, 1.82) is 0 Å². The smallest absolute Gasteiger partial charge is 0.228 e. The third kappa shape index (κ3) is 3.31. The van der Waals surface area contributed by atoms with Crippen molar-refractivity contribution >= 4 is 0 Å².